The van der Waals surface area contributed by atoms with E-state index in [1.807, 2.05) is 0 Å². The van der Waals surface area contributed by atoms with Crippen molar-refractivity contribution in [1.29, 1.82) is 0 Å². The Morgan fingerprint density at radius 1 is 0.418 bits per heavy atom. The standard InChI is InChI=1S/C79H128N20O23/c1-40(2)36-47(59(109)94-79(20,21)71(122)99-35-25-28-50(99)61(111)90-55(41(3)4)62(112)95-78(18,19)70(121)98-73(8,9)65(116)87-44(29-32-51(80)102)56(106)85-46(63(113)114)31-34-53(82)104)86-57(107)49(39-100)89-67(118)75(12,13)97-68(119)76(14,15)92-58(108)45(30-33-52(81)103)88-66(117)74(10,11)96-69(120)77(16,17)93-60(110)48(37-43-26-23-22-24-27-43)84-54(105)38-83-64(115)72(6,7)91-42(5)101/h22-24,26-27,40-41,44-50,55,100H,25,28-39H2,1-21H3,(H2,80,102)(H2,81,103)(H2,82,104)(H,83,115)(H,84,105)(H,85,106)(H,86,107)(H,87,116)(H,88,117)(H,89,118)(H,90,111)(H,91,101)(H,92,108)(H,93,110)(H,94,109)(H,95,112)(H,96,120)(H,97,119)(H,98,121)(H,113,114)/t44-,45-,46-,47-,48-,49-,50-,55-/m0/s1. The number of carboxylic acid groups (broad SMARTS) is 1. The van der Waals surface area contributed by atoms with Crippen LogP contribution in [-0.4, -0.2) is 252 Å². The molecule has 0 radical (unpaired) electrons. The maximum atomic E-state index is 14.5. The van der Waals surface area contributed by atoms with Crippen molar-refractivity contribution in [2.24, 2.45) is 29.0 Å². The summed E-state index contributed by atoms with van der Waals surface area (Å²) in [6, 6.07) is -3.52. The van der Waals surface area contributed by atoms with Crippen LogP contribution in [0.1, 0.15) is 209 Å². The third kappa shape index (κ3) is 33.6. The number of nitrogens with zero attached hydrogens (tertiary/aromatic N) is 1. The first-order chi connectivity index (χ1) is 55.8. The second-order valence-electron chi connectivity index (χ2n) is 35.2. The van der Waals surface area contributed by atoms with Gasteiger partial charge in [-0.2, -0.15) is 0 Å². The van der Waals surface area contributed by atoms with Crippen molar-refractivity contribution >= 4 is 124 Å². The number of nitrogens with one attached hydrogen (secondary N) is 16. The number of aliphatic hydroxyl groups excluding tert-OH is 1. The Hall–Kier alpha value is -11.9. The molecule has 24 N–H and O–H groups in total. The Kier molecular flexibility index (Phi) is 38.8. The maximum Gasteiger partial charge on any atom is 0.326 e. The van der Waals surface area contributed by atoms with Gasteiger partial charge in [-0.25, -0.2) is 4.79 Å². The third-order valence-electron chi connectivity index (χ3n) is 19.5. The summed E-state index contributed by atoms with van der Waals surface area (Å²) in [6.07, 6.45) is -2.40. The quantitative estimate of drug-likeness (QED) is 0.0289. The number of carbonyl (C=O) groups is 21. The van der Waals surface area contributed by atoms with Crippen molar-refractivity contribution in [2.45, 2.75) is 302 Å². The van der Waals surface area contributed by atoms with E-state index in [0.717, 1.165) is 0 Å². The normalized spacial score (nSPS) is 15.0. The summed E-state index contributed by atoms with van der Waals surface area (Å²) in [5.74, 6) is -20.6. The van der Waals surface area contributed by atoms with Crippen molar-refractivity contribution in [3.8, 4) is 0 Å². The SMILES string of the molecule is CC(=O)NC(C)(C)C(=O)NCC(=O)N[C@@H](Cc1ccccc1)C(=O)NC(C)(C)C(=O)NC(C)(C)C(=O)N[C@@H](CCC(N)=O)C(=O)NC(C)(C)C(=O)NC(C)(C)C(=O)N[C@@H](CO)C(=O)N[C@@H](CC(C)C)C(=O)NC(C)(C)C(=O)N1CCC[C@H]1C(=O)N[C@H](C(=O)NC(C)(C)C(=O)NC(C)(C)C(=O)N[C@@H](CCC(N)=O)C(=O)N[C@@H](CCC(N)=O)C(=O)O)C(C)C. The fourth-order valence-corrected chi connectivity index (χ4v) is 12.0. The van der Waals surface area contributed by atoms with E-state index >= 15 is 0 Å². The minimum atomic E-state index is -1.97. The van der Waals surface area contributed by atoms with E-state index in [4.69, 9.17) is 17.2 Å². The molecular formula is C79H128N20O23. The number of primary amides is 3. The summed E-state index contributed by atoms with van der Waals surface area (Å²) in [5, 5.41) is 59.9. The van der Waals surface area contributed by atoms with Gasteiger partial charge in [0.05, 0.1) is 13.2 Å². The summed E-state index contributed by atoms with van der Waals surface area (Å²) in [4.78, 5) is 283. The molecule has 43 nitrogen and oxygen atoms in total. The first-order valence-corrected chi connectivity index (χ1v) is 39.8. The Morgan fingerprint density at radius 2 is 0.787 bits per heavy atom. The molecule has 0 aromatic heterocycles. The number of carboxylic acids is 1. The molecule has 0 saturated carbocycles. The molecule has 2 rings (SSSR count). The molecule has 1 saturated heterocycles. The van der Waals surface area contributed by atoms with Gasteiger partial charge >= 0.3 is 5.97 Å². The van der Waals surface area contributed by atoms with Crippen molar-refractivity contribution in [1.82, 2.24) is 90.0 Å². The molecule has 1 heterocycles. The number of aliphatic carboxylic acids is 1. The lowest BCUT2D eigenvalue weighted by Crippen LogP contribution is -2.67. The van der Waals surface area contributed by atoms with Gasteiger partial charge in [0.1, 0.15) is 92.6 Å². The van der Waals surface area contributed by atoms with Gasteiger partial charge in [0, 0.05) is 39.2 Å². The van der Waals surface area contributed by atoms with Gasteiger partial charge in [-0.1, -0.05) is 58.0 Å². The number of rotatable bonds is 48. The van der Waals surface area contributed by atoms with Crippen LogP contribution in [0.15, 0.2) is 30.3 Å². The van der Waals surface area contributed by atoms with E-state index in [-0.39, 0.29) is 38.1 Å². The molecule has 0 aliphatic carbocycles. The average Bonchev–Trinajstić information content (AvgIpc) is 1.66. The summed E-state index contributed by atoms with van der Waals surface area (Å²) in [5.41, 5.74) is 1.85. The van der Waals surface area contributed by atoms with Gasteiger partial charge in [0.2, 0.25) is 118 Å². The second-order valence-corrected chi connectivity index (χ2v) is 35.2. The Balaban J connectivity index is 2.24. The predicted octanol–water partition coefficient (Wildman–Crippen LogP) is -5.52. The van der Waals surface area contributed by atoms with Crippen LogP contribution in [-0.2, 0) is 107 Å². The molecule has 0 bridgehead atoms. The van der Waals surface area contributed by atoms with Crippen molar-refractivity contribution in [2.75, 3.05) is 19.7 Å². The number of nitrogens with two attached hydrogens (primary N) is 3. The Labute approximate surface area is 709 Å². The van der Waals surface area contributed by atoms with Gasteiger partial charge < -0.3 is 117 Å². The van der Waals surface area contributed by atoms with Gasteiger partial charge in [0.25, 0.3) is 0 Å². The molecule has 43 heteroatoms. The largest absolute Gasteiger partial charge is 0.480 e. The molecule has 1 aliphatic rings. The molecule has 0 unspecified atom stereocenters. The number of amides is 20. The lowest BCUT2D eigenvalue weighted by molar-refractivity contribution is -0.146. The summed E-state index contributed by atoms with van der Waals surface area (Å²) < 4.78 is 0. The molecule has 122 heavy (non-hydrogen) atoms. The third-order valence-corrected chi connectivity index (χ3v) is 19.5. The first kappa shape index (κ1) is 106. The van der Waals surface area contributed by atoms with Crippen LogP contribution in [0.25, 0.3) is 0 Å². The van der Waals surface area contributed by atoms with E-state index in [0.29, 0.717) is 5.56 Å². The van der Waals surface area contributed by atoms with Crippen LogP contribution in [0.4, 0.5) is 0 Å². The smallest absolute Gasteiger partial charge is 0.326 e. The fraction of sp³-hybridized carbons (Fsp3) is 0.658. The van der Waals surface area contributed by atoms with Crippen LogP contribution < -0.4 is 102 Å². The fourth-order valence-electron chi connectivity index (χ4n) is 12.0. The molecule has 8 atom stereocenters. The highest BCUT2D eigenvalue weighted by Gasteiger charge is 2.48. The number of hydrogen-bond acceptors (Lipinski definition) is 22. The average molecular weight is 1730 g/mol. The number of aliphatic hydroxyl groups is 1. The molecule has 0 spiro atoms. The maximum absolute atomic E-state index is 14.5. The number of benzene rings is 1. The minimum absolute atomic E-state index is 0.00528. The highest BCUT2D eigenvalue weighted by atomic mass is 16.4. The summed E-state index contributed by atoms with van der Waals surface area (Å²) in [7, 11) is 0. The second kappa shape index (κ2) is 44.5. The number of carbonyl (C=O) groups excluding carboxylic acids is 20. The van der Waals surface area contributed by atoms with Crippen molar-refractivity contribution in [3.63, 3.8) is 0 Å². The molecular weight excluding hydrogens is 1600 g/mol. The highest BCUT2D eigenvalue weighted by Crippen LogP contribution is 2.24. The molecule has 1 aliphatic heterocycles. The predicted molar refractivity (Wildman–Crippen MR) is 439 cm³/mol. The van der Waals surface area contributed by atoms with Crippen LogP contribution >= 0.6 is 0 Å². The Morgan fingerprint density at radius 3 is 1.20 bits per heavy atom. The number of hydrogen-bond donors (Lipinski definition) is 21. The zero-order valence-electron chi connectivity index (χ0n) is 73.5. The lowest BCUT2D eigenvalue weighted by atomic mass is 9.96. The molecule has 1 aromatic carbocycles. The van der Waals surface area contributed by atoms with E-state index in [9.17, 15) is 111 Å². The van der Waals surface area contributed by atoms with Crippen molar-refractivity contribution < 1.29 is 111 Å². The zero-order chi connectivity index (χ0) is 94.1. The topological polar surface area (TPSA) is 673 Å². The van der Waals surface area contributed by atoms with Gasteiger partial charge in [0.15, 0.2) is 0 Å². The van der Waals surface area contributed by atoms with Gasteiger partial charge in [-0.05, 0) is 167 Å². The van der Waals surface area contributed by atoms with Crippen LogP contribution in [0.5, 0.6) is 0 Å². The summed E-state index contributed by atoms with van der Waals surface area (Å²) in [6.45, 7) is 26.7. The van der Waals surface area contributed by atoms with E-state index in [1.165, 1.54) is 123 Å². The molecule has 20 amide bonds. The Bertz CT molecular complexity index is 4080. The van der Waals surface area contributed by atoms with Crippen LogP contribution in [0.2, 0.25) is 0 Å². The number of likely N-dealkylation sites (tertiary alicyclic amines) is 1. The first-order valence-electron chi connectivity index (χ1n) is 39.8. The summed E-state index contributed by atoms with van der Waals surface area (Å²) >= 11 is 0. The van der Waals surface area contributed by atoms with E-state index < -0.39 is 274 Å². The lowest BCUT2D eigenvalue weighted by Gasteiger charge is -2.36. The van der Waals surface area contributed by atoms with E-state index in [1.54, 1.807) is 58.0 Å². The van der Waals surface area contributed by atoms with Crippen LogP contribution in [0.3, 0.4) is 0 Å². The monoisotopic (exact) mass is 1720 g/mol. The molecule has 1 fully saturated rings. The molecule has 1 aromatic rings. The van der Waals surface area contributed by atoms with Gasteiger partial charge in [-0.15, -0.1) is 0 Å². The van der Waals surface area contributed by atoms with Crippen LogP contribution in [0, 0.1) is 11.8 Å². The van der Waals surface area contributed by atoms with Gasteiger partial charge in [-0.3, -0.25) is 95.9 Å². The highest BCUT2D eigenvalue weighted by molar-refractivity contribution is 6.04. The molecule has 682 valence electrons. The minimum Gasteiger partial charge on any atom is -0.480 e. The zero-order valence-corrected chi connectivity index (χ0v) is 73.5. The van der Waals surface area contributed by atoms with Crippen molar-refractivity contribution in [3.05, 3.63) is 35.9 Å². The van der Waals surface area contributed by atoms with E-state index in [2.05, 4.69) is 85.1 Å².